The van der Waals surface area contributed by atoms with E-state index in [0.717, 1.165) is 11.1 Å². The quantitative estimate of drug-likeness (QED) is 0.622. The highest BCUT2D eigenvalue weighted by Crippen LogP contribution is 2.17. The Hall–Kier alpha value is -3.81. The third-order valence-electron chi connectivity index (χ3n) is 4.36. The molecule has 1 aromatic heterocycles. The second-order valence-corrected chi connectivity index (χ2v) is 6.41. The summed E-state index contributed by atoms with van der Waals surface area (Å²) in [5.74, 6) is -1.60. The number of amides is 2. The molecule has 0 aliphatic heterocycles. The first kappa shape index (κ1) is 19.9. The molecule has 3 aromatic rings. The average molecular weight is 392 g/mol. The molecule has 1 heterocycles. The lowest BCUT2D eigenvalue weighted by molar-refractivity contribution is -0.126. The Labute approximate surface area is 167 Å². The fraction of sp³-hybridized carbons (Fsp3) is 0.190. The van der Waals surface area contributed by atoms with Crippen LogP contribution in [0, 0.1) is 13.8 Å². The van der Waals surface area contributed by atoms with Crippen LogP contribution in [0.4, 0.5) is 5.69 Å². The van der Waals surface area contributed by atoms with Crippen molar-refractivity contribution in [3.63, 3.8) is 0 Å². The number of aryl methyl sites for hydroxylation is 1. The van der Waals surface area contributed by atoms with E-state index in [-0.39, 0.29) is 18.0 Å². The van der Waals surface area contributed by atoms with Crippen molar-refractivity contribution in [1.29, 1.82) is 0 Å². The molecule has 0 fully saturated rings. The standard InChI is InChI=1S/C21H20N4O4/c1-13-4-3-5-16(14(13)2)25-19(26)11-24-20(27)12-29-21(28)15-6-7-17-18(10-15)23-9-8-22-17/h3-10H,11-12H2,1-2H3,(H,24,27)(H,25,26). The maximum absolute atomic E-state index is 12.1. The van der Waals surface area contributed by atoms with Gasteiger partial charge in [-0.1, -0.05) is 12.1 Å². The van der Waals surface area contributed by atoms with Crippen LogP contribution >= 0.6 is 0 Å². The molecule has 148 valence electrons. The van der Waals surface area contributed by atoms with Crippen LogP contribution in [0.3, 0.4) is 0 Å². The number of carbonyl (C=O) groups excluding carboxylic acids is 3. The molecule has 2 amide bonds. The molecule has 0 radical (unpaired) electrons. The number of hydrogen-bond donors (Lipinski definition) is 2. The van der Waals surface area contributed by atoms with Gasteiger partial charge in [0.1, 0.15) is 0 Å². The second kappa shape index (κ2) is 8.92. The first-order valence-corrected chi connectivity index (χ1v) is 8.94. The van der Waals surface area contributed by atoms with Gasteiger partial charge >= 0.3 is 5.97 Å². The summed E-state index contributed by atoms with van der Waals surface area (Å²) in [4.78, 5) is 44.2. The van der Waals surface area contributed by atoms with Crippen molar-refractivity contribution in [2.45, 2.75) is 13.8 Å². The van der Waals surface area contributed by atoms with E-state index >= 15 is 0 Å². The molecule has 0 aliphatic carbocycles. The van der Waals surface area contributed by atoms with Crippen molar-refractivity contribution in [1.82, 2.24) is 15.3 Å². The van der Waals surface area contributed by atoms with Gasteiger partial charge in [0, 0.05) is 18.1 Å². The lowest BCUT2D eigenvalue weighted by atomic mass is 10.1. The van der Waals surface area contributed by atoms with Gasteiger partial charge in [0.2, 0.25) is 5.91 Å². The number of carbonyl (C=O) groups is 3. The topological polar surface area (TPSA) is 110 Å². The van der Waals surface area contributed by atoms with Crippen LogP contribution in [0.15, 0.2) is 48.8 Å². The van der Waals surface area contributed by atoms with Crippen LogP contribution < -0.4 is 10.6 Å². The molecule has 0 bridgehead atoms. The number of nitrogens with one attached hydrogen (secondary N) is 2. The predicted octanol–water partition coefficient (Wildman–Crippen LogP) is 2.16. The molecule has 0 saturated carbocycles. The lowest BCUT2D eigenvalue weighted by Crippen LogP contribution is -2.35. The first-order valence-electron chi connectivity index (χ1n) is 8.94. The third kappa shape index (κ3) is 5.13. The van der Waals surface area contributed by atoms with Crippen LogP contribution in [0.2, 0.25) is 0 Å². The lowest BCUT2D eigenvalue weighted by Gasteiger charge is -2.11. The number of aromatic nitrogens is 2. The number of esters is 1. The molecular weight excluding hydrogens is 372 g/mol. The Morgan fingerprint density at radius 1 is 0.966 bits per heavy atom. The van der Waals surface area contributed by atoms with E-state index in [1.165, 1.54) is 6.20 Å². The zero-order valence-corrected chi connectivity index (χ0v) is 16.1. The molecule has 2 aromatic carbocycles. The Morgan fingerprint density at radius 2 is 1.72 bits per heavy atom. The Morgan fingerprint density at radius 3 is 2.52 bits per heavy atom. The van der Waals surface area contributed by atoms with Crippen molar-refractivity contribution in [3.05, 3.63) is 65.5 Å². The number of rotatable bonds is 6. The molecule has 3 rings (SSSR count). The Bertz CT molecular complexity index is 1080. The van der Waals surface area contributed by atoms with E-state index in [4.69, 9.17) is 4.74 Å². The summed E-state index contributed by atoms with van der Waals surface area (Å²) in [6.07, 6.45) is 3.08. The summed E-state index contributed by atoms with van der Waals surface area (Å²) < 4.78 is 4.99. The van der Waals surface area contributed by atoms with Crippen LogP contribution in [0.5, 0.6) is 0 Å². The molecular formula is C21H20N4O4. The minimum Gasteiger partial charge on any atom is -0.452 e. The number of anilines is 1. The minimum absolute atomic E-state index is 0.227. The number of fused-ring (bicyclic) bond motifs is 1. The molecule has 8 nitrogen and oxygen atoms in total. The summed E-state index contributed by atoms with van der Waals surface area (Å²) in [5.41, 5.74) is 4.17. The molecule has 0 unspecified atom stereocenters. The van der Waals surface area contributed by atoms with Gasteiger partial charge in [-0.15, -0.1) is 0 Å². The van der Waals surface area contributed by atoms with Gasteiger partial charge in [-0.3, -0.25) is 19.6 Å². The SMILES string of the molecule is Cc1cccc(NC(=O)CNC(=O)COC(=O)c2ccc3nccnc3c2)c1C. The minimum atomic E-state index is -0.660. The van der Waals surface area contributed by atoms with Crippen molar-refractivity contribution < 1.29 is 19.1 Å². The third-order valence-corrected chi connectivity index (χ3v) is 4.36. The van der Waals surface area contributed by atoms with Gasteiger partial charge in [-0.05, 0) is 49.2 Å². The molecule has 0 saturated heterocycles. The van der Waals surface area contributed by atoms with E-state index in [2.05, 4.69) is 20.6 Å². The molecule has 29 heavy (non-hydrogen) atoms. The molecule has 0 aliphatic rings. The Kier molecular flexibility index (Phi) is 6.13. The van der Waals surface area contributed by atoms with Crippen LogP contribution in [-0.2, 0) is 14.3 Å². The van der Waals surface area contributed by atoms with Crippen LogP contribution in [0.1, 0.15) is 21.5 Å². The smallest absolute Gasteiger partial charge is 0.338 e. The molecule has 0 spiro atoms. The van der Waals surface area contributed by atoms with Crippen molar-refractivity contribution >= 4 is 34.5 Å². The van der Waals surface area contributed by atoms with Crippen LogP contribution in [-0.4, -0.2) is 40.9 Å². The van der Waals surface area contributed by atoms with Gasteiger partial charge in [0.15, 0.2) is 6.61 Å². The second-order valence-electron chi connectivity index (χ2n) is 6.41. The fourth-order valence-electron chi connectivity index (χ4n) is 2.62. The number of hydrogen-bond acceptors (Lipinski definition) is 6. The normalized spacial score (nSPS) is 10.4. The van der Waals surface area contributed by atoms with E-state index in [1.807, 2.05) is 26.0 Å². The molecule has 0 atom stereocenters. The van der Waals surface area contributed by atoms with Crippen molar-refractivity contribution in [2.24, 2.45) is 0 Å². The fourth-order valence-corrected chi connectivity index (χ4v) is 2.62. The first-order chi connectivity index (χ1) is 13.9. The van der Waals surface area contributed by atoms with Crippen molar-refractivity contribution in [3.8, 4) is 0 Å². The average Bonchev–Trinajstić information content (AvgIpc) is 2.73. The zero-order chi connectivity index (χ0) is 20.8. The predicted molar refractivity (Wildman–Crippen MR) is 107 cm³/mol. The molecule has 2 N–H and O–H groups in total. The van der Waals surface area contributed by atoms with Gasteiger partial charge < -0.3 is 15.4 Å². The Balaban J connectivity index is 1.47. The van der Waals surface area contributed by atoms with Crippen molar-refractivity contribution in [2.75, 3.05) is 18.5 Å². The zero-order valence-electron chi connectivity index (χ0n) is 16.1. The summed E-state index contributed by atoms with van der Waals surface area (Å²) >= 11 is 0. The van der Waals surface area contributed by atoms with E-state index in [9.17, 15) is 14.4 Å². The maximum Gasteiger partial charge on any atom is 0.338 e. The summed E-state index contributed by atoms with van der Waals surface area (Å²) in [6, 6.07) is 10.3. The highest BCUT2D eigenvalue weighted by atomic mass is 16.5. The van der Waals surface area contributed by atoms with Gasteiger partial charge in [0.05, 0.1) is 23.1 Å². The summed E-state index contributed by atoms with van der Waals surface area (Å²) in [7, 11) is 0. The van der Waals surface area contributed by atoms with Gasteiger partial charge in [-0.25, -0.2) is 4.79 Å². The monoisotopic (exact) mass is 392 g/mol. The number of benzene rings is 2. The largest absolute Gasteiger partial charge is 0.452 e. The summed E-state index contributed by atoms with van der Waals surface area (Å²) in [5, 5.41) is 5.16. The number of ether oxygens (including phenoxy) is 1. The highest BCUT2D eigenvalue weighted by molar-refractivity contribution is 5.97. The molecule has 8 heteroatoms. The van der Waals surface area contributed by atoms with E-state index in [1.54, 1.807) is 30.5 Å². The number of nitrogens with zero attached hydrogens (tertiary/aromatic N) is 2. The van der Waals surface area contributed by atoms with E-state index in [0.29, 0.717) is 16.7 Å². The van der Waals surface area contributed by atoms with Gasteiger partial charge in [0.25, 0.3) is 5.91 Å². The van der Waals surface area contributed by atoms with Gasteiger partial charge in [-0.2, -0.15) is 0 Å². The van der Waals surface area contributed by atoms with Crippen LogP contribution in [0.25, 0.3) is 11.0 Å². The summed E-state index contributed by atoms with van der Waals surface area (Å²) in [6.45, 7) is 3.13. The van der Waals surface area contributed by atoms with E-state index < -0.39 is 18.5 Å². The highest BCUT2D eigenvalue weighted by Gasteiger charge is 2.13. The maximum atomic E-state index is 12.1.